The molecule has 0 radical (unpaired) electrons. The number of rotatable bonds is 2. The van der Waals surface area contributed by atoms with Gasteiger partial charge in [-0.25, -0.2) is 0 Å². The zero-order valence-corrected chi connectivity index (χ0v) is 8.20. The van der Waals surface area contributed by atoms with Crippen molar-refractivity contribution in [3.8, 4) is 0 Å². The number of fused-ring (bicyclic) bond motifs is 3. The number of piperidine rings is 3. The van der Waals surface area contributed by atoms with Crippen LogP contribution >= 0.6 is 0 Å². The maximum atomic E-state index is 11.3. The van der Waals surface area contributed by atoms with Crippen LogP contribution in [0.5, 0.6) is 0 Å². The third kappa shape index (κ3) is 1.35. The van der Waals surface area contributed by atoms with E-state index >= 15 is 0 Å². The number of nitrogens with zero attached hydrogens (tertiary/aromatic N) is 1. The van der Waals surface area contributed by atoms with E-state index in [9.17, 15) is 4.79 Å². The molecule has 3 rings (SSSR count). The number of hydrogen-bond acceptors (Lipinski definition) is 2. The lowest BCUT2D eigenvalue weighted by Crippen LogP contribution is -2.58. The average molecular weight is 182 g/mol. The fourth-order valence-corrected chi connectivity index (χ4v) is 3.09. The van der Waals surface area contributed by atoms with Crippen molar-refractivity contribution in [2.24, 2.45) is 17.6 Å². The lowest BCUT2D eigenvalue weighted by atomic mass is 9.72. The van der Waals surface area contributed by atoms with Crippen molar-refractivity contribution < 1.29 is 4.79 Å². The first-order valence-electron chi connectivity index (χ1n) is 5.27. The number of hydrogen-bond donors (Lipinski definition) is 1. The molecule has 3 saturated heterocycles. The SMILES string of the molecule is CCC1C(C(N)=O)C2CCN1CC2. The Hall–Kier alpha value is -0.570. The van der Waals surface area contributed by atoms with Crippen LogP contribution in [-0.2, 0) is 4.79 Å². The van der Waals surface area contributed by atoms with E-state index < -0.39 is 0 Å². The third-order valence-corrected chi connectivity index (χ3v) is 3.71. The van der Waals surface area contributed by atoms with Crippen molar-refractivity contribution in [1.82, 2.24) is 4.90 Å². The summed E-state index contributed by atoms with van der Waals surface area (Å²) >= 11 is 0. The first-order valence-corrected chi connectivity index (χ1v) is 5.27. The summed E-state index contributed by atoms with van der Waals surface area (Å²) in [5, 5.41) is 0. The smallest absolute Gasteiger partial charge is 0.222 e. The minimum absolute atomic E-state index is 0.0822. The van der Waals surface area contributed by atoms with Crippen LogP contribution in [0.25, 0.3) is 0 Å². The Morgan fingerprint density at radius 2 is 2.08 bits per heavy atom. The van der Waals surface area contributed by atoms with Crippen molar-refractivity contribution in [3.05, 3.63) is 0 Å². The van der Waals surface area contributed by atoms with E-state index in [0.29, 0.717) is 12.0 Å². The highest BCUT2D eigenvalue weighted by atomic mass is 16.1. The lowest BCUT2D eigenvalue weighted by Gasteiger charge is -2.49. The van der Waals surface area contributed by atoms with E-state index in [2.05, 4.69) is 11.8 Å². The molecular weight excluding hydrogens is 164 g/mol. The number of carbonyl (C=O) groups is 1. The minimum atomic E-state index is -0.0822. The number of amides is 1. The second-order valence-electron chi connectivity index (χ2n) is 4.28. The van der Waals surface area contributed by atoms with Gasteiger partial charge >= 0.3 is 0 Å². The van der Waals surface area contributed by atoms with E-state index in [1.165, 1.54) is 25.9 Å². The predicted molar refractivity (Wildman–Crippen MR) is 51.1 cm³/mol. The topological polar surface area (TPSA) is 46.3 Å². The van der Waals surface area contributed by atoms with E-state index in [-0.39, 0.29) is 11.8 Å². The van der Waals surface area contributed by atoms with E-state index in [1.54, 1.807) is 0 Å². The van der Waals surface area contributed by atoms with Crippen molar-refractivity contribution in [2.45, 2.75) is 32.2 Å². The highest BCUT2D eigenvalue weighted by Gasteiger charge is 2.43. The molecule has 13 heavy (non-hydrogen) atoms. The Labute approximate surface area is 79.3 Å². The van der Waals surface area contributed by atoms with Gasteiger partial charge in [0.05, 0.1) is 5.92 Å². The molecule has 0 saturated carbocycles. The van der Waals surface area contributed by atoms with Gasteiger partial charge in [-0.3, -0.25) is 9.69 Å². The van der Waals surface area contributed by atoms with Crippen LogP contribution < -0.4 is 5.73 Å². The highest BCUT2D eigenvalue weighted by molar-refractivity contribution is 5.78. The summed E-state index contributed by atoms with van der Waals surface area (Å²) in [6.45, 7) is 4.50. The Kier molecular flexibility index (Phi) is 2.28. The van der Waals surface area contributed by atoms with Gasteiger partial charge in [0.25, 0.3) is 0 Å². The molecule has 3 heteroatoms. The minimum Gasteiger partial charge on any atom is -0.369 e. The molecule has 0 spiro atoms. The van der Waals surface area contributed by atoms with Crippen LogP contribution in [0, 0.1) is 11.8 Å². The second-order valence-corrected chi connectivity index (χ2v) is 4.28. The monoisotopic (exact) mass is 182 g/mol. The van der Waals surface area contributed by atoms with Crippen LogP contribution in [0.1, 0.15) is 26.2 Å². The quantitative estimate of drug-likeness (QED) is 0.679. The highest BCUT2D eigenvalue weighted by Crippen LogP contribution is 2.37. The summed E-state index contributed by atoms with van der Waals surface area (Å²) in [7, 11) is 0. The molecule has 3 nitrogen and oxygen atoms in total. The summed E-state index contributed by atoms with van der Waals surface area (Å²) in [6, 6.07) is 0.435. The van der Waals surface area contributed by atoms with Gasteiger partial charge in [-0.2, -0.15) is 0 Å². The van der Waals surface area contributed by atoms with Gasteiger partial charge in [-0.1, -0.05) is 6.92 Å². The maximum Gasteiger partial charge on any atom is 0.222 e. The molecule has 3 aliphatic heterocycles. The molecule has 74 valence electrons. The van der Waals surface area contributed by atoms with Crippen molar-refractivity contribution in [1.29, 1.82) is 0 Å². The van der Waals surface area contributed by atoms with Crippen LogP contribution in [-0.4, -0.2) is 29.9 Å². The maximum absolute atomic E-state index is 11.3. The van der Waals surface area contributed by atoms with Crippen LogP contribution in [0.4, 0.5) is 0 Å². The molecule has 1 amide bonds. The van der Waals surface area contributed by atoms with Gasteiger partial charge in [0.1, 0.15) is 0 Å². The second kappa shape index (κ2) is 3.29. The molecule has 3 heterocycles. The summed E-state index contributed by atoms with van der Waals surface area (Å²) in [4.78, 5) is 13.7. The number of primary amides is 1. The molecule has 0 aromatic heterocycles. The largest absolute Gasteiger partial charge is 0.369 e. The molecular formula is C10H18N2O. The molecule has 3 aliphatic rings. The average Bonchev–Trinajstić information content (AvgIpc) is 2.17. The fourth-order valence-electron chi connectivity index (χ4n) is 3.09. The molecule has 0 aromatic carbocycles. The molecule has 2 atom stereocenters. The lowest BCUT2D eigenvalue weighted by molar-refractivity contribution is -0.132. The van der Waals surface area contributed by atoms with Gasteiger partial charge in [0, 0.05) is 6.04 Å². The van der Waals surface area contributed by atoms with Gasteiger partial charge in [0.15, 0.2) is 0 Å². The predicted octanol–water partition coefficient (Wildman–Crippen LogP) is 0.592. The van der Waals surface area contributed by atoms with Crippen LogP contribution in [0.15, 0.2) is 0 Å². The molecule has 2 N–H and O–H groups in total. The van der Waals surface area contributed by atoms with Crippen molar-refractivity contribution in [3.63, 3.8) is 0 Å². The summed E-state index contributed by atoms with van der Waals surface area (Å²) < 4.78 is 0. The van der Waals surface area contributed by atoms with E-state index in [0.717, 1.165) is 6.42 Å². The molecule has 0 aliphatic carbocycles. The third-order valence-electron chi connectivity index (χ3n) is 3.71. The molecule has 0 aromatic rings. The van der Waals surface area contributed by atoms with E-state index in [1.807, 2.05) is 0 Å². The molecule has 3 fully saturated rings. The summed E-state index contributed by atoms with van der Waals surface area (Å²) in [6.07, 6.45) is 3.40. The Balaban J connectivity index is 2.18. The van der Waals surface area contributed by atoms with Crippen LogP contribution in [0.3, 0.4) is 0 Å². The van der Waals surface area contributed by atoms with Crippen molar-refractivity contribution >= 4 is 5.91 Å². The van der Waals surface area contributed by atoms with Crippen LogP contribution in [0.2, 0.25) is 0 Å². The first-order chi connectivity index (χ1) is 6.24. The van der Waals surface area contributed by atoms with E-state index in [4.69, 9.17) is 5.73 Å². The summed E-state index contributed by atoms with van der Waals surface area (Å²) in [5.41, 5.74) is 5.45. The first kappa shape index (κ1) is 9.00. The fraction of sp³-hybridized carbons (Fsp3) is 0.900. The Bertz CT molecular complexity index is 209. The Morgan fingerprint density at radius 1 is 1.46 bits per heavy atom. The van der Waals surface area contributed by atoms with Gasteiger partial charge < -0.3 is 5.73 Å². The van der Waals surface area contributed by atoms with Crippen molar-refractivity contribution in [2.75, 3.05) is 13.1 Å². The van der Waals surface area contributed by atoms with Gasteiger partial charge in [0.2, 0.25) is 5.91 Å². The molecule has 2 bridgehead atoms. The molecule has 2 unspecified atom stereocenters. The standard InChI is InChI=1S/C10H18N2O/c1-2-8-9(10(11)13)7-3-5-12(8)6-4-7/h7-9H,2-6H2,1H3,(H2,11,13). The number of carbonyl (C=O) groups excluding carboxylic acids is 1. The summed E-state index contributed by atoms with van der Waals surface area (Å²) in [5.74, 6) is 0.626. The zero-order valence-electron chi connectivity index (χ0n) is 8.20. The normalized spacial score (nSPS) is 43.5. The zero-order chi connectivity index (χ0) is 9.42. The van der Waals surface area contributed by atoms with Gasteiger partial charge in [-0.15, -0.1) is 0 Å². The van der Waals surface area contributed by atoms with Gasteiger partial charge in [-0.05, 0) is 38.3 Å². The Morgan fingerprint density at radius 3 is 2.46 bits per heavy atom. The number of nitrogens with two attached hydrogens (primary N) is 1.